The third-order valence-corrected chi connectivity index (χ3v) is 4.14. The minimum absolute atomic E-state index is 0.0926. The minimum Gasteiger partial charge on any atom is -0.507 e. The first-order chi connectivity index (χ1) is 11.2. The summed E-state index contributed by atoms with van der Waals surface area (Å²) in [6.45, 7) is 0. The number of carbonyl (C=O) groups is 2. The van der Waals surface area contributed by atoms with E-state index in [4.69, 9.17) is 0 Å². The maximum absolute atomic E-state index is 12.9. The maximum atomic E-state index is 12.9. The molecule has 0 saturated carbocycles. The van der Waals surface area contributed by atoms with Gasteiger partial charge in [-0.15, -0.1) is 0 Å². The number of aromatic hydroxyl groups is 1. The molecule has 0 heterocycles. The molecule has 0 aliphatic heterocycles. The molecule has 0 bridgehead atoms. The second kappa shape index (κ2) is 4.92. The Balaban J connectivity index is 2.06. The van der Waals surface area contributed by atoms with E-state index in [2.05, 4.69) is 0 Å². The molecule has 3 aromatic carbocycles. The highest BCUT2D eigenvalue weighted by Gasteiger charge is 2.33. The van der Waals surface area contributed by atoms with E-state index < -0.39 is 0 Å². The van der Waals surface area contributed by atoms with Crippen LogP contribution in [0.1, 0.15) is 31.8 Å². The molecule has 0 saturated heterocycles. The molecular weight excluding hydrogens is 288 g/mol. The van der Waals surface area contributed by atoms with Crippen molar-refractivity contribution in [1.29, 1.82) is 0 Å². The molecule has 3 heteroatoms. The Morgan fingerprint density at radius 1 is 0.565 bits per heavy atom. The zero-order chi connectivity index (χ0) is 16.0. The molecule has 110 valence electrons. The van der Waals surface area contributed by atoms with Gasteiger partial charge in [0.1, 0.15) is 5.75 Å². The summed E-state index contributed by atoms with van der Waals surface area (Å²) in [5.41, 5.74) is 2.59. The number of rotatable bonds is 1. The second-order valence-electron chi connectivity index (χ2n) is 5.45. The summed E-state index contributed by atoms with van der Waals surface area (Å²) in [4.78, 5) is 25.7. The molecule has 0 amide bonds. The molecule has 0 atom stereocenters. The van der Waals surface area contributed by atoms with Gasteiger partial charge in [0.05, 0.1) is 5.56 Å². The van der Waals surface area contributed by atoms with Crippen LogP contribution < -0.4 is 0 Å². The van der Waals surface area contributed by atoms with Crippen molar-refractivity contribution in [3.63, 3.8) is 0 Å². The van der Waals surface area contributed by atoms with Gasteiger partial charge in [0.2, 0.25) is 0 Å². The molecule has 1 N–H and O–H groups in total. The molecule has 23 heavy (non-hydrogen) atoms. The first-order valence-electron chi connectivity index (χ1n) is 7.28. The van der Waals surface area contributed by atoms with Crippen LogP contribution in [0.5, 0.6) is 5.75 Å². The first-order valence-corrected chi connectivity index (χ1v) is 7.28. The Bertz CT molecular complexity index is 956. The lowest BCUT2D eigenvalue weighted by atomic mass is 9.80. The fourth-order valence-corrected chi connectivity index (χ4v) is 3.06. The first kappa shape index (κ1) is 13.5. The zero-order valence-electron chi connectivity index (χ0n) is 12.1. The molecule has 1 aliphatic rings. The smallest absolute Gasteiger partial charge is 0.198 e. The molecule has 0 spiro atoms. The van der Waals surface area contributed by atoms with Crippen LogP contribution in [0.15, 0.2) is 66.7 Å². The Morgan fingerprint density at radius 3 is 1.78 bits per heavy atom. The average Bonchev–Trinajstić information content (AvgIpc) is 2.60. The van der Waals surface area contributed by atoms with Crippen LogP contribution in [-0.2, 0) is 0 Å². The van der Waals surface area contributed by atoms with Gasteiger partial charge in [-0.05, 0) is 23.3 Å². The van der Waals surface area contributed by atoms with Crippen molar-refractivity contribution in [2.75, 3.05) is 0 Å². The van der Waals surface area contributed by atoms with E-state index in [1.807, 2.05) is 30.3 Å². The topological polar surface area (TPSA) is 54.4 Å². The van der Waals surface area contributed by atoms with Crippen molar-refractivity contribution in [2.45, 2.75) is 0 Å². The lowest BCUT2D eigenvalue weighted by Crippen LogP contribution is -2.21. The van der Waals surface area contributed by atoms with Gasteiger partial charge in [0.25, 0.3) is 0 Å². The fraction of sp³-hybridized carbons (Fsp3) is 0. The molecule has 1 aliphatic carbocycles. The van der Waals surface area contributed by atoms with Crippen molar-refractivity contribution in [3.05, 3.63) is 89.0 Å². The van der Waals surface area contributed by atoms with E-state index in [-0.39, 0.29) is 28.4 Å². The van der Waals surface area contributed by atoms with Gasteiger partial charge >= 0.3 is 0 Å². The van der Waals surface area contributed by atoms with Crippen LogP contribution in [0.4, 0.5) is 0 Å². The number of hydrogen-bond donors (Lipinski definition) is 1. The van der Waals surface area contributed by atoms with Crippen LogP contribution in [0.2, 0.25) is 0 Å². The van der Waals surface area contributed by atoms with E-state index in [0.29, 0.717) is 16.7 Å². The number of hydrogen-bond acceptors (Lipinski definition) is 3. The summed E-state index contributed by atoms with van der Waals surface area (Å²) in [6.07, 6.45) is 0. The third-order valence-electron chi connectivity index (χ3n) is 4.14. The Morgan fingerprint density at radius 2 is 1.13 bits per heavy atom. The van der Waals surface area contributed by atoms with E-state index in [1.54, 1.807) is 30.3 Å². The summed E-state index contributed by atoms with van der Waals surface area (Å²) in [7, 11) is 0. The molecule has 0 fully saturated rings. The maximum Gasteiger partial charge on any atom is 0.198 e. The van der Waals surface area contributed by atoms with Crippen molar-refractivity contribution < 1.29 is 14.7 Å². The van der Waals surface area contributed by atoms with E-state index >= 15 is 0 Å². The van der Waals surface area contributed by atoms with Gasteiger partial charge in [-0.25, -0.2) is 0 Å². The lowest BCUT2D eigenvalue weighted by Gasteiger charge is -2.21. The molecular formula is C20H12O3. The number of carbonyl (C=O) groups excluding carboxylic acids is 2. The monoisotopic (exact) mass is 300 g/mol. The summed E-state index contributed by atoms with van der Waals surface area (Å²) in [5.74, 6) is -0.706. The van der Waals surface area contributed by atoms with E-state index in [9.17, 15) is 14.7 Å². The van der Waals surface area contributed by atoms with Gasteiger partial charge in [0.15, 0.2) is 11.6 Å². The summed E-state index contributed by atoms with van der Waals surface area (Å²) in [6, 6.07) is 19.3. The SMILES string of the molecule is O=C1c2ccccc2C(=O)c2c(-c3ccccc3)ccc(O)c21. The molecule has 3 aromatic rings. The molecule has 3 nitrogen and oxygen atoms in total. The van der Waals surface area contributed by atoms with E-state index in [1.165, 1.54) is 6.07 Å². The van der Waals surface area contributed by atoms with Gasteiger partial charge in [-0.1, -0.05) is 54.6 Å². The Hall–Kier alpha value is -3.20. The fourth-order valence-electron chi connectivity index (χ4n) is 3.06. The Kier molecular flexibility index (Phi) is 2.88. The quantitative estimate of drug-likeness (QED) is 0.581. The Labute approximate surface area is 132 Å². The summed E-state index contributed by atoms with van der Waals surface area (Å²) < 4.78 is 0. The highest BCUT2D eigenvalue weighted by molar-refractivity contribution is 6.31. The minimum atomic E-state index is -0.314. The van der Waals surface area contributed by atoms with Gasteiger partial charge in [-0.3, -0.25) is 9.59 Å². The molecule has 0 unspecified atom stereocenters. The normalized spacial score (nSPS) is 12.7. The predicted molar refractivity (Wildman–Crippen MR) is 86.8 cm³/mol. The van der Waals surface area contributed by atoms with Gasteiger partial charge in [0, 0.05) is 16.7 Å². The van der Waals surface area contributed by atoms with Crippen LogP contribution in [0.25, 0.3) is 11.1 Å². The number of phenolic OH excluding ortho intramolecular Hbond substituents is 1. The number of ketones is 2. The van der Waals surface area contributed by atoms with Crippen molar-refractivity contribution >= 4 is 11.6 Å². The van der Waals surface area contributed by atoms with Crippen LogP contribution >= 0.6 is 0 Å². The summed E-state index contributed by atoms with van der Waals surface area (Å²) in [5, 5.41) is 10.2. The van der Waals surface area contributed by atoms with Crippen molar-refractivity contribution in [3.8, 4) is 16.9 Å². The van der Waals surface area contributed by atoms with Gasteiger partial charge in [-0.2, -0.15) is 0 Å². The van der Waals surface area contributed by atoms with Crippen LogP contribution in [-0.4, -0.2) is 16.7 Å². The highest BCUT2D eigenvalue weighted by atomic mass is 16.3. The van der Waals surface area contributed by atoms with Crippen LogP contribution in [0, 0.1) is 0 Å². The van der Waals surface area contributed by atoms with E-state index in [0.717, 1.165) is 5.56 Å². The standard InChI is InChI=1S/C20H12O3/c21-16-11-10-13(12-6-2-1-3-7-12)17-18(16)20(23)15-9-5-4-8-14(15)19(17)22/h1-11,21H. The summed E-state index contributed by atoms with van der Waals surface area (Å²) >= 11 is 0. The van der Waals surface area contributed by atoms with Crippen molar-refractivity contribution in [1.82, 2.24) is 0 Å². The average molecular weight is 300 g/mol. The molecule has 0 radical (unpaired) electrons. The number of fused-ring (bicyclic) bond motifs is 2. The zero-order valence-corrected chi connectivity index (χ0v) is 12.1. The highest BCUT2D eigenvalue weighted by Crippen LogP contribution is 2.38. The third kappa shape index (κ3) is 1.90. The lowest BCUT2D eigenvalue weighted by molar-refractivity contribution is 0.0977. The molecule has 4 rings (SSSR count). The predicted octanol–water partition coefficient (Wildman–Crippen LogP) is 3.83. The number of phenols is 1. The number of benzene rings is 3. The van der Waals surface area contributed by atoms with Crippen LogP contribution in [0.3, 0.4) is 0 Å². The second-order valence-corrected chi connectivity index (χ2v) is 5.45. The van der Waals surface area contributed by atoms with Crippen molar-refractivity contribution in [2.24, 2.45) is 0 Å². The van der Waals surface area contributed by atoms with Gasteiger partial charge < -0.3 is 5.11 Å². The molecule has 0 aromatic heterocycles. The largest absolute Gasteiger partial charge is 0.507 e.